The second-order valence-corrected chi connectivity index (χ2v) is 19.7. The fourth-order valence-electron chi connectivity index (χ4n) is 11.0. The van der Waals surface area contributed by atoms with Gasteiger partial charge in [0.15, 0.2) is 29.1 Å². The van der Waals surface area contributed by atoms with E-state index in [0.29, 0.717) is 29.1 Å². The summed E-state index contributed by atoms with van der Waals surface area (Å²) in [6.45, 7) is 0. The maximum Gasteiger partial charge on any atom is 0.166 e. The third-order valence-electron chi connectivity index (χ3n) is 14.6. The molecule has 0 saturated heterocycles. The highest BCUT2D eigenvalue weighted by molar-refractivity contribution is 7.17. The Balaban J connectivity index is 0.861. The zero-order valence-corrected chi connectivity index (χ0v) is 40.9. The summed E-state index contributed by atoms with van der Waals surface area (Å²) in [5.41, 5.74) is 11.9. The molecule has 0 fully saturated rings. The molecule has 0 bridgehead atoms. The van der Waals surface area contributed by atoms with E-state index in [1.165, 1.54) is 43.4 Å². The predicted molar refractivity (Wildman–Crippen MR) is 309 cm³/mol. The molecule has 0 spiro atoms. The number of rotatable bonds is 7. The van der Waals surface area contributed by atoms with Gasteiger partial charge in [-0.3, -0.25) is 0 Å². The second-order valence-electron chi connectivity index (χ2n) is 18.9. The number of nitrogens with zero attached hydrogens (tertiary/aromatic N) is 7. The zero-order valence-electron chi connectivity index (χ0n) is 40.1. The number of aromatic nitrogens is 7. The van der Waals surface area contributed by atoms with E-state index in [0.717, 1.165) is 81.5 Å². The van der Waals surface area contributed by atoms with Crippen molar-refractivity contribution in [2.24, 2.45) is 0 Å². The van der Waals surface area contributed by atoms with Crippen molar-refractivity contribution >= 4 is 86.2 Å². The van der Waals surface area contributed by atoms with Crippen molar-refractivity contribution in [1.82, 2.24) is 34.9 Å². The number of thiazole rings is 1. The van der Waals surface area contributed by atoms with Crippen molar-refractivity contribution in [3.05, 3.63) is 236 Å². The van der Waals surface area contributed by atoms with Crippen LogP contribution in [-0.4, -0.2) is 34.9 Å². The summed E-state index contributed by atoms with van der Waals surface area (Å²) < 4.78 is 1.07. The largest absolute Gasteiger partial charge is 0.244 e. The summed E-state index contributed by atoms with van der Waals surface area (Å²) in [6.07, 6.45) is 1.59. The molecule has 15 aromatic rings. The number of fused-ring (bicyclic) bond motifs is 13. The average Bonchev–Trinajstić information content (AvgIpc) is 4.00. The molecule has 0 aliphatic heterocycles. The molecule has 0 saturated carbocycles. The van der Waals surface area contributed by atoms with Gasteiger partial charge < -0.3 is 0 Å². The van der Waals surface area contributed by atoms with E-state index in [-0.39, 0.29) is 0 Å². The van der Waals surface area contributed by atoms with Crippen LogP contribution in [0.5, 0.6) is 0 Å². The highest BCUT2D eigenvalue weighted by atomic mass is 32.1. The van der Waals surface area contributed by atoms with Crippen LogP contribution in [0, 0.1) is 0 Å². The molecule has 0 amide bonds. The zero-order chi connectivity index (χ0) is 49.4. The highest BCUT2D eigenvalue weighted by Crippen LogP contribution is 2.43. The molecular weight excluding hydrogens is 935 g/mol. The van der Waals surface area contributed by atoms with Gasteiger partial charge in [-0.1, -0.05) is 194 Å². The van der Waals surface area contributed by atoms with Gasteiger partial charge >= 0.3 is 0 Å². The fourth-order valence-corrected chi connectivity index (χ4v) is 11.9. The first kappa shape index (κ1) is 42.8. The van der Waals surface area contributed by atoms with E-state index in [1.807, 2.05) is 66.2 Å². The normalized spacial score (nSPS) is 11.7. The minimum Gasteiger partial charge on any atom is -0.244 e. The van der Waals surface area contributed by atoms with E-state index in [9.17, 15) is 0 Å². The number of benzene rings is 12. The summed E-state index contributed by atoms with van der Waals surface area (Å²) in [5.74, 6) is 2.99. The molecule has 3 aromatic heterocycles. The first-order valence-electron chi connectivity index (χ1n) is 24.9. The van der Waals surface area contributed by atoms with Crippen molar-refractivity contribution in [2.45, 2.75) is 0 Å². The second kappa shape index (κ2) is 17.4. The van der Waals surface area contributed by atoms with Crippen LogP contribution < -0.4 is 0 Å². The number of hydrogen-bond acceptors (Lipinski definition) is 8. The lowest BCUT2D eigenvalue weighted by Gasteiger charge is -2.14. The van der Waals surface area contributed by atoms with E-state index in [2.05, 4.69) is 174 Å². The lowest BCUT2D eigenvalue weighted by molar-refractivity contribution is 1.07. The first-order valence-corrected chi connectivity index (χ1v) is 25.8. The Bertz CT molecular complexity index is 4750. The van der Waals surface area contributed by atoms with E-state index >= 15 is 0 Å². The summed E-state index contributed by atoms with van der Waals surface area (Å²) in [5, 5.41) is 14.2. The topological polar surface area (TPSA) is 90.2 Å². The van der Waals surface area contributed by atoms with Crippen LogP contribution in [0.2, 0.25) is 0 Å². The Hall–Kier alpha value is -9.89. The Morgan fingerprint density at radius 2 is 0.613 bits per heavy atom. The molecule has 8 heteroatoms. The molecule has 0 aliphatic carbocycles. The molecule has 15 rings (SSSR count). The molecule has 12 aromatic carbocycles. The minimum atomic E-state index is 0.562. The smallest absolute Gasteiger partial charge is 0.166 e. The SMILES string of the molecule is c1ccc(-c2ccc3c4ccc(-c5ccc(-c6nc(-c7ccccc7)nc(-c7ccc8c9ccccc9c9cc(-c%10ncnc(-c%11ccccc%11)n%10)ccc9c8c7)n6)c6ncsc56)cc4c4ccccc4c3c2)cc1. The molecule has 0 aliphatic rings. The summed E-state index contributed by atoms with van der Waals surface area (Å²) in [4.78, 5) is 34.8. The minimum absolute atomic E-state index is 0.562. The predicted octanol–water partition coefficient (Wildman–Crippen LogP) is 17.3. The van der Waals surface area contributed by atoms with Crippen LogP contribution in [0.15, 0.2) is 236 Å². The van der Waals surface area contributed by atoms with Crippen LogP contribution in [-0.2, 0) is 0 Å². The average molecular weight is 974 g/mol. The van der Waals surface area contributed by atoms with Crippen molar-refractivity contribution < 1.29 is 0 Å². The third-order valence-corrected chi connectivity index (χ3v) is 15.5. The van der Waals surface area contributed by atoms with Crippen molar-refractivity contribution in [1.29, 1.82) is 0 Å². The van der Waals surface area contributed by atoms with Gasteiger partial charge in [0, 0.05) is 33.4 Å². The van der Waals surface area contributed by atoms with Crippen LogP contribution in [0.25, 0.3) is 154 Å². The monoisotopic (exact) mass is 973 g/mol. The van der Waals surface area contributed by atoms with Crippen LogP contribution in [0.3, 0.4) is 0 Å². The Kier molecular flexibility index (Phi) is 9.93. The van der Waals surface area contributed by atoms with Gasteiger partial charge in [-0.2, -0.15) is 0 Å². The molecule has 0 unspecified atom stereocenters. The van der Waals surface area contributed by atoms with E-state index in [1.54, 1.807) is 17.7 Å². The molecule has 0 atom stereocenters. The Labute approximate surface area is 434 Å². The fraction of sp³-hybridized carbons (Fsp3) is 0. The van der Waals surface area contributed by atoms with Crippen LogP contribution in [0.1, 0.15) is 0 Å². The molecule has 7 nitrogen and oxygen atoms in total. The lowest BCUT2D eigenvalue weighted by Crippen LogP contribution is -2.01. The lowest BCUT2D eigenvalue weighted by atomic mass is 9.90. The summed E-state index contributed by atoms with van der Waals surface area (Å²) in [7, 11) is 0. The van der Waals surface area contributed by atoms with Gasteiger partial charge in [0.2, 0.25) is 0 Å². The quantitative estimate of drug-likeness (QED) is 0.147. The van der Waals surface area contributed by atoms with Crippen molar-refractivity contribution in [3.63, 3.8) is 0 Å². The van der Waals surface area contributed by atoms with Gasteiger partial charge in [0.05, 0.1) is 15.7 Å². The Morgan fingerprint density at radius 1 is 0.240 bits per heavy atom. The Morgan fingerprint density at radius 3 is 1.20 bits per heavy atom. The van der Waals surface area contributed by atoms with Gasteiger partial charge in [0.1, 0.15) is 6.33 Å². The standard InChI is InChI=1S/C67H39N7S/c1-4-14-40(15-5-1)43-24-28-53-54-29-25-44(35-58(54)51-23-13-12-22-50(51)57(53)34-43)47-32-33-56(61-62(47)75-39-70-61)67-73-65(42-18-8-3-9-19-42)72-66(74-67)46-27-30-52-48-20-10-11-21-49(48)59-36-45(26-31-55(59)60(52)37-46)64-69-38-68-63(71-64)41-16-6-2-7-17-41/h1-39H. The van der Waals surface area contributed by atoms with E-state index in [4.69, 9.17) is 24.9 Å². The van der Waals surface area contributed by atoms with Gasteiger partial charge in [-0.05, 0) is 112 Å². The molecule has 3 heterocycles. The highest BCUT2D eigenvalue weighted by Gasteiger charge is 2.20. The van der Waals surface area contributed by atoms with Crippen molar-refractivity contribution in [3.8, 4) is 79.2 Å². The van der Waals surface area contributed by atoms with E-state index < -0.39 is 0 Å². The molecular formula is C67H39N7S. The molecule has 348 valence electrons. The molecule has 0 radical (unpaired) electrons. The van der Waals surface area contributed by atoms with Crippen molar-refractivity contribution in [2.75, 3.05) is 0 Å². The van der Waals surface area contributed by atoms with Crippen LogP contribution >= 0.6 is 11.3 Å². The van der Waals surface area contributed by atoms with Gasteiger partial charge in [-0.25, -0.2) is 34.9 Å². The van der Waals surface area contributed by atoms with Gasteiger partial charge in [-0.15, -0.1) is 11.3 Å². The third kappa shape index (κ3) is 7.22. The van der Waals surface area contributed by atoms with Gasteiger partial charge in [0.25, 0.3) is 0 Å². The number of hydrogen-bond donors (Lipinski definition) is 0. The maximum atomic E-state index is 5.32. The van der Waals surface area contributed by atoms with Crippen LogP contribution in [0.4, 0.5) is 0 Å². The summed E-state index contributed by atoms with van der Waals surface area (Å²) >= 11 is 1.64. The molecule has 0 N–H and O–H groups in total. The first-order chi connectivity index (χ1) is 37.2. The summed E-state index contributed by atoms with van der Waals surface area (Å²) in [6, 6.07) is 79.3. The maximum absolute atomic E-state index is 5.32. The molecule has 75 heavy (non-hydrogen) atoms.